The van der Waals surface area contributed by atoms with E-state index >= 15 is 0 Å². The van der Waals surface area contributed by atoms with Gasteiger partial charge in [0.2, 0.25) is 0 Å². The van der Waals surface area contributed by atoms with Crippen molar-refractivity contribution in [3.05, 3.63) is 53.7 Å². The maximum Gasteiger partial charge on any atom is 0.416 e. The molecule has 0 radical (unpaired) electrons. The quantitative estimate of drug-likeness (QED) is 0.864. The zero-order valence-corrected chi connectivity index (χ0v) is 13.7. The predicted molar refractivity (Wildman–Crippen MR) is 94.0 cm³/mol. The van der Waals surface area contributed by atoms with Crippen LogP contribution in [0.1, 0.15) is 24.5 Å². The summed E-state index contributed by atoms with van der Waals surface area (Å²) in [5.74, 6) is 0.726. The van der Waals surface area contributed by atoms with Gasteiger partial charge in [-0.3, -0.25) is 0 Å². The van der Waals surface area contributed by atoms with Crippen LogP contribution in [0.4, 0.5) is 24.7 Å². The van der Waals surface area contributed by atoms with Crippen molar-refractivity contribution in [2.24, 2.45) is 10.7 Å². The second kappa shape index (κ2) is 6.76. The van der Waals surface area contributed by atoms with Gasteiger partial charge in [-0.25, -0.2) is 4.99 Å². The number of hydrogen-bond donors (Lipinski definition) is 2. The fraction of sp³-hybridized carbons (Fsp3) is 0.278. The van der Waals surface area contributed by atoms with E-state index in [2.05, 4.69) is 14.9 Å². The Labute approximate surface area is 143 Å². The molecule has 4 nitrogen and oxygen atoms in total. The van der Waals surface area contributed by atoms with E-state index in [1.807, 2.05) is 19.1 Å². The van der Waals surface area contributed by atoms with Crippen LogP contribution in [0.3, 0.4) is 0 Å². The molecule has 1 aliphatic rings. The summed E-state index contributed by atoms with van der Waals surface area (Å²) in [7, 11) is 0. The smallest absolute Gasteiger partial charge is 0.345 e. The Morgan fingerprint density at radius 2 is 2.00 bits per heavy atom. The van der Waals surface area contributed by atoms with Crippen molar-refractivity contribution in [3.63, 3.8) is 0 Å². The summed E-state index contributed by atoms with van der Waals surface area (Å²) >= 11 is 0. The highest BCUT2D eigenvalue weighted by atomic mass is 19.4. The van der Waals surface area contributed by atoms with E-state index in [9.17, 15) is 13.2 Å². The third-order valence-corrected chi connectivity index (χ3v) is 4.06. The second-order valence-electron chi connectivity index (χ2n) is 5.84. The van der Waals surface area contributed by atoms with Crippen molar-refractivity contribution >= 4 is 23.4 Å². The molecule has 1 atom stereocenters. The highest BCUT2D eigenvalue weighted by Gasteiger charge is 2.31. The van der Waals surface area contributed by atoms with Gasteiger partial charge in [0, 0.05) is 18.1 Å². The molecule has 0 saturated carbocycles. The first-order valence-corrected chi connectivity index (χ1v) is 8.00. The second-order valence-corrected chi connectivity index (χ2v) is 5.84. The third kappa shape index (κ3) is 3.46. The van der Waals surface area contributed by atoms with Crippen LogP contribution >= 0.6 is 0 Å². The molecule has 132 valence electrons. The fourth-order valence-corrected chi connectivity index (χ4v) is 2.87. The minimum Gasteiger partial charge on any atom is -0.345 e. The molecule has 2 aromatic rings. The van der Waals surface area contributed by atoms with Crippen molar-refractivity contribution < 1.29 is 13.2 Å². The van der Waals surface area contributed by atoms with Gasteiger partial charge in [0.25, 0.3) is 0 Å². The van der Waals surface area contributed by atoms with Gasteiger partial charge < -0.3 is 15.6 Å². The molecule has 0 aliphatic carbocycles. The van der Waals surface area contributed by atoms with Gasteiger partial charge >= 0.3 is 6.18 Å². The number of alkyl halides is 3. The molecule has 0 spiro atoms. The average molecular weight is 348 g/mol. The largest absolute Gasteiger partial charge is 0.416 e. The zero-order chi connectivity index (χ0) is 18.0. The van der Waals surface area contributed by atoms with Crippen LogP contribution in [0.15, 0.2) is 47.6 Å². The number of benzene rings is 1. The number of aromatic amines is 1. The van der Waals surface area contributed by atoms with Crippen LogP contribution in [0.2, 0.25) is 0 Å². The molecular weight excluding hydrogens is 329 g/mol. The van der Waals surface area contributed by atoms with E-state index in [-0.39, 0.29) is 6.04 Å². The summed E-state index contributed by atoms with van der Waals surface area (Å²) < 4.78 is 38.5. The van der Waals surface area contributed by atoms with Crippen molar-refractivity contribution in [3.8, 4) is 0 Å². The number of hydrogen-bond acceptors (Lipinski definition) is 3. The Kier molecular flexibility index (Phi) is 4.67. The van der Waals surface area contributed by atoms with Crippen molar-refractivity contribution in [1.82, 2.24) is 4.98 Å². The summed E-state index contributed by atoms with van der Waals surface area (Å²) in [6, 6.07) is 7.07. The molecule has 3 rings (SSSR count). The Balaban J connectivity index is 2.03. The van der Waals surface area contributed by atoms with Gasteiger partial charge in [-0.05, 0) is 43.7 Å². The summed E-state index contributed by atoms with van der Waals surface area (Å²) in [6.45, 7) is 2.44. The van der Waals surface area contributed by atoms with E-state index in [1.165, 1.54) is 12.1 Å². The van der Waals surface area contributed by atoms with Crippen molar-refractivity contribution in [2.75, 3.05) is 11.4 Å². The lowest BCUT2D eigenvalue weighted by molar-refractivity contribution is -0.137. The third-order valence-electron chi connectivity index (χ3n) is 4.06. The SMILES string of the molecule is CC1C=Nc2[nH]ccc2N1/C(=C\CCN)c1ccc(C(F)(F)F)cc1. The Hall–Kier alpha value is -2.54. The number of anilines is 1. The summed E-state index contributed by atoms with van der Waals surface area (Å²) in [5, 5.41) is 0. The Bertz CT molecular complexity index is 787. The molecule has 1 unspecified atom stereocenters. The van der Waals surface area contributed by atoms with E-state index in [0.29, 0.717) is 18.5 Å². The number of halogens is 3. The number of fused-ring (bicyclic) bond motifs is 1. The van der Waals surface area contributed by atoms with Gasteiger partial charge in [0.15, 0.2) is 5.82 Å². The monoisotopic (exact) mass is 348 g/mol. The summed E-state index contributed by atoms with van der Waals surface area (Å²) in [5.41, 5.74) is 7.38. The molecule has 0 amide bonds. The van der Waals surface area contributed by atoms with Gasteiger partial charge in [-0.2, -0.15) is 13.2 Å². The van der Waals surface area contributed by atoms with Crippen LogP contribution in [-0.4, -0.2) is 23.8 Å². The summed E-state index contributed by atoms with van der Waals surface area (Å²) in [4.78, 5) is 9.48. The maximum atomic E-state index is 12.8. The zero-order valence-electron chi connectivity index (χ0n) is 13.7. The lowest BCUT2D eigenvalue weighted by atomic mass is 10.0. The number of aromatic nitrogens is 1. The van der Waals surface area contributed by atoms with Gasteiger partial charge in [-0.15, -0.1) is 0 Å². The van der Waals surface area contributed by atoms with Crippen molar-refractivity contribution in [1.29, 1.82) is 0 Å². The minimum atomic E-state index is -4.35. The number of nitrogens with zero attached hydrogens (tertiary/aromatic N) is 2. The minimum absolute atomic E-state index is 0.0328. The molecule has 0 fully saturated rings. The van der Waals surface area contributed by atoms with Gasteiger partial charge in [0.1, 0.15) is 0 Å². The van der Waals surface area contributed by atoms with Crippen LogP contribution < -0.4 is 10.6 Å². The summed E-state index contributed by atoms with van der Waals surface area (Å²) in [6.07, 6.45) is 1.82. The first kappa shape index (κ1) is 17.3. The lowest BCUT2D eigenvalue weighted by Crippen LogP contribution is -2.34. The maximum absolute atomic E-state index is 12.8. The highest BCUT2D eigenvalue weighted by molar-refractivity contribution is 5.93. The molecule has 0 bridgehead atoms. The van der Waals surface area contributed by atoms with Crippen LogP contribution in [0.25, 0.3) is 5.70 Å². The van der Waals surface area contributed by atoms with Gasteiger partial charge in [-0.1, -0.05) is 18.2 Å². The van der Waals surface area contributed by atoms with Gasteiger partial charge in [0.05, 0.1) is 17.3 Å². The average Bonchev–Trinajstić information content (AvgIpc) is 3.05. The fourth-order valence-electron chi connectivity index (χ4n) is 2.87. The lowest BCUT2D eigenvalue weighted by Gasteiger charge is -2.33. The predicted octanol–water partition coefficient (Wildman–Crippen LogP) is 4.33. The molecule has 0 saturated heterocycles. The number of H-pyrrole nitrogens is 1. The van der Waals surface area contributed by atoms with Crippen LogP contribution in [0, 0.1) is 0 Å². The Morgan fingerprint density at radius 1 is 1.28 bits per heavy atom. The number of aliphatic imine (C=N–C) groups is 1. The topological polar surface area (TPSA) is 57.4 Å². The molecule has 2 heterocycles. The highest BCUT2D eigenvalue weighted by Crippen LogP contribution is 2.38. The van der Waals surface area contributed by atoms with E-state index < -0.39 is 11.7 Å². The molecule has 1 aromatic carbocycles. The standard InChI is InChI=1S/C18H19F3N4/c1-12-11-24-17-16(8-10-23-17)25(12)15(3-2-9-22)13-4-6-14(7-5-13)18(19,20)21/h3-8,10-12,23H,2,9,22H2,1H3/b15-3-. The Morgan fingerprint density at radius 3 is 2.64 bits per heavy atom. The van der Waals surface area contributed by atoms with E-state index in [1.54, 1.807) is 12.4 Å². The molecule has 1 aromatic heterocycles. The number of rotatable bonds is 4. The normalized spacial score (nSPS) is 17.7. The van der Waals surface area contributed by atoms with Crippen molar-refractivity contribution in [2.45, 2.75) is 25.6 Å². The molecule has 25 heavy (non-hydrogen) atoms. The van der Waals surface area contributed by atoms with E-state index in [4.69, 9.17) is 5.73 Å². The molecule has 3 N–H and O–H groups in total. The number of nitrogens with two attached hydrogens (primary N) is 1. The van der Waals surface area contributed by atoms with Crippen LogP contribution in [-0.2, 0) is 6.18 Å². The number of nitrogens with one attached hydrogen (secondary N) is 1. The van der Waals surface area contributed by atoms with E-state index in [0.717, 1.165) is 29.3 Å². The first-order chi connectivity index (χ1) is 11.9. The molecule has 1 aliphatic heterocycles. The molecular formula is C18H19F3N4. The van der Waals surface area contributed by atoms with Crippen LogP contribution in [0.5, 0.6) is 0 Å². The molecule has 7 heteroatoms. The first-order valence-electron chi connectivity index (χ1n) is 8.00.